The molecule has 3 aromatic carbocycles. The predicted molar refractivity (Wildman–Crippen MR) is 135 cm³/mol. The molecule has 34 heavy (non-hydrogen) atoms. The zero-order valence-electron chi connectivity index (χ0n) is 19.3. The van der Waals surface area contributed by atoms with Gasteiger partial charge >= 0.3 is 0 Å². The third-order valence-electron chi connectivity index (χ3n) is 5.79. The quantitative estimate of drug-likeness (QED) is 0.551. The molecule has 0 aliphatic carbocycles. The number of nitrogens with one attached hydrogen (secondary N) is 2. The molecule has 1 aliphatic heterocycles. The van der Waals surface area contributed by atoms with Crippen LogP contribution in [0.2, 0.25) is 0 Å². The van der Waals surface area contributed by atoms with Gasteiger partial charge in [0.2, 0.25) is 11.8 Å². The second kappa shape index (κ2) is 9.62. The van der Waals surface area contributed by atoms with Crippen LogP contribution < -0.4 is 15.5 Å². The number of nitrogens with zero attached hydrogens (tertiary/aromatic N) is 2. The van der Waals surface area contributed by atoms with E-state index in [1.165, 1.54) is 16.7 Å². The molecule has 0 atom stereocenters. The summed E-state index contributed by atoms with van der Waals surface area (Å²) in [5.41, 5.74) is 5.25. The highest BCUT2D eigenvalue weighted by atomic mass is 16.2. The van der Waals surface area contributed by atoms with Crippen LogP contribution in [0.1, 0.15) is 18.1 Å². The zero-order chi connectivity index (χ0) is 24.2. The molecule has 0 spiro atoms. The smallest absolute Gasteiger partial charge is 0.258 e. The minimum atomic E-state index is -0.190. The minimum absolute atomic E-state index is 0.00457. The van der Waals surface area contributed by atoms with Crippen LogP contribution in [0.3, 0.4) is 0 Å². The van der Waals surface area contributed by atoms with Crippen LogP contribution in [0.25, 0.3) is 11.3 Å². The lowest BCUT2D eigenvalue weighted by Crippen LogP contribution is -2.38. The molecule has 0 unspecified atom stereocenters. The van der Waals surface area contributed by atoms with Crippen molar-refractivity contribution < 1.29 is 14.4 Å². The van der Waals surface area contributed by atoms with E-state index in [0.29, 0.717) is 17.0 Å². The van der Waals surface area contributed by atoms with Gasteiger partial charge in [0.1, 0.15) is 0 Å². The van der Waals surface area contributed by atoms with Gasteiger partial charge in [-0.2, -0.15) is 0 Å². The number of benzene rings is 3. The summed E-state index contributed by atoms with van der Waals surface area (Å²) in [5, 5.41) is 6.35. The van der Waals surface area contributed by atoms with Gasteiger partial charge in [-0.25, -0.2) is 0 Å². The first-order chi connectivity index (χ1) is 16.3. The molecule has 7 nitrogen and oxygen atoms in total. The van der Waals surface area contributed by atoms with E-state index in [1.807, 2.05) is 78.9 Å². The Morgan fingerprint density at radius 1 is 0.882 bits per heavy atom. The second-order valence-electron chi connectivity index (χ2n) is 8.12. The van der Waals surface area contributed by atoms with Crippen LogP contribution in [-0.2, 0) is 14.4 Å². The van der Waals surface area contributed by atoms with Crippen molar-refractivity contribution in [3.63, 3.8) is 0 Å². The third-order valence-corrected chi connectivity index (χ3v) is 5.79. The normalized spacial score (nSPS) is 13.6. The fourth-order valence-corrected chi connectivity index (χ4v) is 3.73. The standard InChI is InChI=1S/C27H26N4O3/c1-18(32)30(2)17-24(33)31(3)21-15-13-20(14-16-21)28-26(19-9-5-4-6-10-19)25-22-11-7-8-12-23(22)29-27(25)34/h4-16,28H,17H2,1-3H3,(H,29,34)/b26-25-. The van der Waals surface area contributed by atoms with E-state index in [2.05, 4.69) is 10.6 Å². The molecule has 2 N–H and O–H groups in total. The van der Waals surface area contributed by atoms with E-state index < -0.39 is 0 Å². The number of rotatable bonds is 6. The molecule has 0 saturated heterocycles. The first-order valence-corrected chi connectivity index (χ1v) is 10.9. The molecule has 0 bridgehead atoms. The average molecular weight is 455 g/mol. The van der Waals surface area contributed by atoms with E-state index in [4.69, 9.17) is 0 Å². The zero-order valence-corrected chi connectivity index (χ0v) is 19.3. The molecule has 3 aromatic rings. The van der Waals surface area contributed by atoms with Crippen molar-refractivity contribution in [2.24, 2.45) is 0 Å². The topological polar surface area (TPSA) is 81.8 Å². The summed E-state index contributed by atoms with van der Waals surface area (Å²) in [5.74, 6) is -0.519. The molecule has 1 aliphatic rings. The molecular formula is C27H26N4O3. The Morgan fingerprint density at radius 2 is 1.53 bits per heavy atom. The summed E-state index contributed by atoms with van der Waals surface area (Å²) in [4.78, 5) is 39.7. The van der Waals surface area contributed by atoms with Gasteiger partial charge in [-0.1, -0.05) is 48.5 Å². The monoisotopic (exact) mass is 454 g/mol. The molecule has 0 aromatic heterocycles. The summed E-state index contributed by atoms with van der Waals surface area (Å²) in [6, 6.07) is 24.7. The van der Waals surface area contributed by atoms with Crippen molar-refractivity contribution >= 4 is 46.1 Å². The SMILES string of the molecule is CC(=O)N(C)CC(=O)N(C)c1ccc(N/C(=C2\C(=O)Nc3ccccc32)c2ccccc2)cc1. The van der Waals surface area contributed by atoms with Crippen molar-refractivity contribution in [2.45, 2.75) is 6.92 Å². The van der Waals surface area contributed by atoms with E-state index in [0.717, 1.165) is 22.5 Å². The number of amides is 3. The van der Waals surface area contributed by atoms with Gasteiger partial charge in [0.15, 0.2) is 0 Å². The van der Waals surface area contributed by atoms with Gasteiger partial charge in [-0.05, 0) is 35.9 Å². The summed E-state index contributed by atoms with van der Waals surface area (Å²) in [6.07, 6.45) is 0. The lowest BCUT2D eigenvalue weighted by atomic mass is 10.00. The Kier molecular flexibility index (Phi) is 6.45. The molecule has 0 saturated carbocycles. The number of fused-ring (bicyclic) bond motifs is 1. The van der Waals surface area contributed by atoms with Crippen LogP contribution in [0.5, 0.6) is 0 Å². The fourth-order valence-electron chi connectivity index (χ4n) is 3.73. The Labute approximate surface area is 198 Å². The maximum absolute atomic E-state index is 12.9. The van der Waals surface area contributed by atoms with Gasteiger partial charge in [-0.15, -0.1) is 0 Å². The van der Waals surface area contributed by atoms with Gasteiger partial charge in [0.05, 0.1) is 17.8 Å². The number of carbonyl (C=O) groups excluding carboxylic acids is 3. The molecule has 0 fully saturated rings. The third kappa shape index (κ3) is 4.68. The van der Waals surface area contributed by atoms with E-state index >= 15 is 0 Å². The van der Waals surface area contributed by atoms with E-state index in [-0.39, 0.29) is 24.3 Å². The van der Waals surface area contributed by atoms with Gasteiger partial charge in [-0.3, -0.25) is 14.4 Å². The van der Waals surface area contributed by atoms with Crippen LogP contribution in [-0.4, -0.2) is 43.3 Å². The van der Waals surface area contributed by atoms with E-state index in [1.54, 1.807) is 14.1 Å². The Balaban J connectivity index is 1.64. The molecular weight excluding hydrogens is 428 g/mol. The lowest BCUT2D eigenvalue weighted by molar-refractivity contribution is -0.132. The average Bonchev–Trinajstić information content (AvgIpc) is 3.18. The largest absolute Gasteiger partial charge is 0.354 e. The van der Waals surface area contributed by atoms with Crippen molar-refractivity contribution in [2.75, 3.05) is 36.2 Å². The van der Waals surface area contributed by atoms with Crippen LogP contribution in [0, 0.1) is 0 Å². The van der Waals surface area contributed by atoms with Crippen LogP contribution in [0.4, 0.5) is 17.1 Å². The van der Waals surface area contributed by atoms with Crippen molar-refractivity contribution in [1.29, 1.82) is 0 Å². The molecule has 7 heteroatoms. The number of para-hydroxylation sites is 1. The number of anilines is 3. The lowest BCUT2D eigenvalue weighted by Gasteiger charge is -2.22. The Bertz CT molecular complexity index is 1270. The highest BCUT2D eigenvalue weighted by molar-refractivity contribution is 6.37. The minimum Gasteiger partial charge on any atom is -0.354 e. The number of carbonyl (C=O) groups is 3. The van der Waals surface area contributed by atoms with Crippen molar-refractivity contribution in [3.8, 4) is 0 Å². The van der Waals surface area contributed by atoms with Crippen LogP contribution in [0.15, 0.2) is 78.9 Å². The second-order valence-corrected chi connectivity index (χ2v) is 8.12. The predicted octanol–water partition coefficient (Wildman–Crippen LogP) is 4.06. The first-order valence-electron chi connectivity index (χ1n) is 10.9. The molecule has 4 rings (SSSR count). The fraction of sp³-hybridized carbons (Fsp3) is 0.148. The van der Waals surface area contributed by atoms with Crippen molar-refractivity contribution in [3.05, 3.63) is 90.0 Å². The molecule has 172 valence electrons. The van der Waals surface area contributed by atoms with Gasteiger partial charge in [0.25, 0.3) is 5.91 Å². The van der Waals surface area contributed by atoms with Crippen LogP contribution >= 0.6 is 0 Å². The Morgan fingerprint density at radius 3 is 2.21 bits per heavy atom. The highest BCUT2D eigenvalue weighted by Gasteiger charge is 2.28. The summed E-state index contributed by atoms with van der Waals surface area (Å²) >= 11 is 0. The highest BCUT2D eigenvalue weighted by Crippen LogP contribution is 2.37. The number of hydrogen-bond acceptors (Lipinski definition) is 4. The maximum Gasteiger partial charge on any atom is 0.258 e. The van der Waals surface area contributed by atoms with E-state index in [9.17, 15) is 14.4 Å². The number of hydrogen-bond donors (Lipinski definition) is 2. The van der Waals surface area contributed by atoms with Gasteiger partial charge < -0.3 is 20.4 Å². The summed E-state index contributed by atoms with van der Waals surface area (Å²) < 4.78 is 0. The molecule has 0 radical (unpaired) electrons. The molecule has 1 heterocycles. The molecule has 3 amide bonds. The maximum atomic E-state index is 12.9. The van der Waals surface area contributed by atoms with Crippen molar-refractivity contribution in [1.82, 2.24) is 4.90 Å². The first kappa shape index (κ1) is 22.8. The summed E-state index contributed by atoms with van der Waals surface area (Å²) in [7, 11) is 3.27. The van der Waals surface area contributed by atoms with Gasteiger partial charge in [0, 0.05) is 43.6 Å². The summed E-state index contributed by atoms with van der Waals surface area (Å²) in [6.45, 7) is 1.43. The Hall–Kier alpha value is -4.39. The number of likely N-dealkylation sites (N-methyl/N-ethyl adjacent to an activating group) is 2.